The van der Waals surface area contributed by atoms with Gasteiger partial charge in [-0.3, -0.25) is 4.90 Å². The Kier molecular flexibility index (Phi) is 5.85. The largest absolute Gasteiger partial charge is 0.381 e. The molecule has 1 aliphatic heterocycles. The standard InChI is InChI=1S/C16H25ClN2O/c1-3-16(12-5-4-6-13(17)9-12)19-8-7-15(20-2)10-14(19)11-18/h4-6,9,14-16H,3,7-8,10-11,18H2,1-2H3. The van der Waals surface area contributed by atoms with Gasteiger partial charge in [0.15, 0.2) is 0 Å². The first-order valence-electron chi connectivity index (χ1n) is 7.43. The molecular formula is C16H25ClN2O. The lowest BCUT2D eigenvalue weighted by atomic mass is 9.93. The van der Waals surface area contributed by atoms with Crippen LogP contribution in [0.4, 0.5) is 0 Å². The minimum Gasteiger partial charge on any atom is -0.381 e. The number of nitrogens with zero attached hydrogens (tertiary/aromatic N) is 1. The summed E-state index contributed by atoms with van der Waals surface area (Å²) in [6, 6.07) is 8.97. The van der Waals surface area contributed by atoms with Gasteiger partial charge in [-0.1, -0.05) is 30.7 Å². The molecule has 0 spiro atoms. The number of halogens is 1. The van der Waals surface area contributed by atoms with Gasteiger partial charge in [-0.2, -0.15) is 0 Å². The Morgan fingerprint density at radius 1 is 1.50 bits per heavy atom. The molecule has 0 amide bonds. The summed E-state index contributed by atoms with van der Waals surface area (Å²) in [7, 11) is 1.79. The highest BCUT2D eigenvalue weighted by molar-refractivity contribution is 6.30. The summed E-state index contributed by atoms with van der Waals surface area (Å²) in [5.74, 6) is 0. The summed E-state index contributed by atoms with van der Waals surface area (Å²) in [6.45, 7) is 3.93. The van der Waals surface area contributed by atoms with Crippen molar-refractivity contribution in [3.05, 3.63) is 34.9 Å². The van der Waals surface area contributed by atoms with Crippen LogP contribution < -0.4 is 5.73 Å². The van der Waals surface area contributed by atoms with Gasteiger partial charge in [0.25, 0.3) is 0 Å². The molecule has 0 radical (unpaired) electrons. The molecule has 1 aromatic rings. The van der Waals surface area contributed by atoms with E-state index >= 15 is 0 Å². The molecule has 2 rings (SSSR count). The lowest BCUT2D eigenvalue weighted by Crippen LogP contribution is -2.49. The van der Waals surface area contributed by atoms with Crippen LogP contribution in [0.5, 0.6) is 0 Å². The molecule has 0 aromatic heterocycles. The van der Waals surface area contributed by atoms with Gasteiger partial charge in [-0.15, -0.1) is 0 Å². The number of ether oxygens (including phenoxy) is 1. The van der Waals surface area contributed by atoms with Crippen molar-refractivity contribution in [2.45, 2.75) is 44.4 Å². The summed E-state index contributed by atoms with van der Waals surface area (Å²) >= 11 is 6.14. The Balaban J connectivity index is 2.18. The maximum atomic E-state index is 6.14. The molecule has 1 aliphatic rings. The summed E-state index contributed by atoms with van der Waals surface area (Å²) in [4.78, 5) is 2.53. The third-order valence-corrected chi connectivity index (χ3v) is 4.57. The van der Waals surface area contributed by atoms with Crippen molar-refractivity contribution in [3.8, 4) is 0 Å². The highest BCUT2D eigenvalue weighted by Gasteiger charge is 2.32. The first-order chi connectivity index (χ1) is 9.69. The van der Waals surface area contributed by atoms with E-state index in [1.54, 1.807) is 7.11 Å². The van der Waals surface area contributed by atoms with Crippen LogP contribution in [-0.4, -0.2) is 37.2 Å². The van der Waals surface area contributed by atoms with Gasteiger partial charge in [-0.05, 0) is 37.0 Å². The summed E-state index contributed by atoms with van der Waals surface area (Å²) in [6.07, 6.45) is 3.50. The Morgan fingerprint density at radius 3 is 2.90 bits per heavy atom. The van der Waals surface area contributed by atoms with Crippen molar-refractivity contribution in [2.75, 3.05) is 20.2 Å². The predicted octanol–water partition coefficient (Wildman–Crippen LogP) is 3.23. The van der Waals surface area contributed by atoms with E-state index in [4.69, 9.17) is 22.1 Å². The fraction of sp³-hybridized carbons (Fsp3) is 0.625. The number of benzene rings is 1. The third-order valence-electron chi connectivity index (χ3n) is 4.34. The Hall–Kier alpha value is -0.610. The van der Waals surface area contributed by atoms with Crippen LogP contribution in [0.2, 0.25) is 5.02 Å². The van der Waals surface area contributed by atoms with E-state index in [1.165, 1.54) is 5.56 Å². The van der Waals surface area contributed by atoms with Gasteiger partial charge in [0.1, 0.15) is 0 Å². The minimum atomic E-state index is 0.344. The summed E-state index contributed by atoms with van der Waals surface area (Å²) in [5.41, 5.74) is 7.27. The van der Waals surface area contributed by atoms with Gasteiger partial charge in [-0.25, -0.2) is 0 Å². The molecule has 3 unspecified atom stereocenters. The van der Waals surface area contributed by atoms with Crippen LogP contribution in [0.3, 0.4) is 0 Å². The number of methoxy groups -OCH3 is 1. The molecule has 1 heterocycles. The fourth-order valence-corrected chi connectivity index (χ4v) is 3.46. The number of hydrogen-bond acceptors (Lipinski definition) is 3. The first-order valence-corrected chi connectivity index (χ1v) is 7.81. The van der Waals surface area contributed by atoms with Crippen molar-refractivity contribution < 1.29 is 4.74 Å². The second-order valence-corrected chi connectivity index (χ2v) is 5.92. The lowest BCUT2D eigenvalue weighted by Gasteiger charge is -2.43. The molecule has 0 bridgehead atoms. The number of nitrogens with two attached hydrogens (primary N) is 1. The molecule has 1 aromatic carbocycles. The van der Waals surface area contributed by atoms with Gasteiger partial charge in [0.2, 0.25) is 0 Å². The number of hydrogen-bond donors (Lipinski definition) is 1. The number of likely N-dealkylation sites (tertiary alicyclic amines) is 1. The normalized spacial score (nSPS) is 25.6. The molecule has 2 N–H and O–H groups in total. The number of rotatable bonds is 5. The van der Waals surface area contributed by atoms with E-state index in [0.29, 0.717) is 24.7 Å². The van der Waals surface area contributed by atoms with E-state index in [0.717, 1.165) is 30.8 Å². The van der Waals surface area contributed by atoms with Crippen LogP contribution in [0.15, 0.2) is 24.3 Å². The molecule has 3 atom stereocenters. The van der Waals surface area contributed by atoms with Crippen LogP contribution in [0.25, 0.3) is 0 Å². The molecule has 1 saturated heterocycles. The Bertz CT molecular complexity index is 427. The molecule has 0 saturated carbocycles. The van der Waals surface area contributed by atoms with Gasteiger partial charge < -0.3 is 10.5 Å². The van der Waals surface area contributed by atoms with Gasteiger partial charge in [0, 0.05) is 37.3 Å². The van der Waals surface area contributed by atoms with Crippen molar-refractivity contribution in [2.24, 2.45) is 5.73 Å². The molecule has 1 fully saturated rings. The molecule has 3 nitrogen and oxygen atoms in total. The zero-order valence-corrected chi connectivity index (χ0v) is 13.1. The smallest absolute Gasteiger partial charge is 0.0599 e. The second-order valence-electron chi connectivity index (χ2n) is 5.49. The molecular weight excluding hydrogens is 272 g/mol. The first kappa shape index (κ1) is 15.8. The third kappa shape index (κ3) is 3.53. The molecule has 20 heavy (non-hydrogen) atoms. The van der Waals surface area contributed by atoms with E-state index in [-0.39, 0.29) is 0 Å². The second kappa shape index (κ2) is 7.41. The zero-order valence-electron chi connectivity index (χ0n) is 12.4. The average molecular weight is 297 g/mol. The van der Waals surface area contributed by atoms with Crippen LogP contribution in [-0.2, 0) is 4.74 Å². The van der Waals surface area contributed by atoms with E-state index < -0.39 is 0 Å². The van der Waals surface area contributed by atoms with Crippen LogP contribution in [0.1, 0.15) is 37.8 Å². The predicted molar refractivity (Wildman–Crippen MR) is 84.1 cm³/mol. The van der Waals surface area contributed by atoms with Crippen molar-refractivity contribution in [3.63, 3.8) is 0 Å². The highest BCUT2D eigenvalue weighted by Crippen LogP contribution is 2.32. The Labute approximate surface area is 127 Å². The number of piperidine rings is 1. The van der Waals surface area contributed by atoms with E-state index in [1.807, 2.05) is 12.1 Å². The van der Waals surface area contributed by atoms with Crippen molar-refractivity contribution >= 4 is 11.6 Å². The SMILES string of the molecule is CCC(c1cccc(Cl)c1)N1CCC(OC)CC1CN. The fourth-order valence-electron chi connectivity index (χ4n) is 3.26. The van der Waals surface area contributed by atoms with Crippen molar-refractivity contribution in [1.82, 2.24) is 4.90 Å². The monoisotopic (exact) mass is 296 g/mol. The summed E-state index contributed by atoms with van der Waals surface area (Å²) in [5, 5.41) is 0.803. The van der Waals surface area contributed by atoms with Crippen LogP contribution in [0, 0.1) is 0 Å². The van der Waals surface area contributed by atoms with Gasteiger partial charge >= 0.3 is 0 Å². The maximum Gasteiger partial charge on any atom is 0.0599 e. The maximum absolute atomic E-state index is 6.14. The van der Waals surface area contributed by atoms with Crippen LogP contribution >= 0.6 is 11.6 Å². The van der Waals surface area contributed by atoms with E-state index in [2.05, 4.69) is 24.0 Å². The highest BCUT2D eigenvalue weighted by atomic mass is 35.5. The topological polar surface area (TPSA) is 38.5 Å². The minimum absolute atomic E-state index is 0.344. The van der Waals surface area contributed by atoms with Gasteiger partial charge in [0.05, 0.1) is 6.10 Å². The lowest BCUT2D eigenvalue weighted by molar-refractivity contribution is -0.00554. The van der Waals surface area contributed by atoms with E-state index in [9.17, 15) is 0 Å². The molecule has 112 valence electrons. The average Bonchev–Trinajstić information content (AvgIpc) is 2.48. The molecule has 4 heteroatoms. The van der Waals surface area contributed by atoms with Crippen molar-refractivity contribution in [1.29, 1.82) is 0 Å². The quantitative estimate of drug-likeness (QED) is 0.906. The Morgan fingerprint density at radius 2 is 2.30 bits per heavy atom. The molecule has 0 aliphatic carbocycles. The summed E-state index contributed by atoms with van der Waals surface area (Å²) < 4.78 is 5.51. The zero-order chi connectivity index (χ0) is 14.5.